The zero-order valence-corrected chi connectivity index (χ0v) is 11.0. The monoisotopic (exact) mass is 238 g/mol. The van der Waals surface area contributed by atoms with Crippen LogP contribution < -0.4 is 11.1 Å². The van der Waals surface area contributed by atoms with Crippen LogP contribution in [-0.4, -0.2) is 11.9 Å². The molecule has 4 heteroatoms. The van der Waals surface area contributed by atoms with Crippen LogP contribution >= 0.6 is 0 Å². The standard InChI is InChI=1S/C13H22N2O2/c1-5-6-12(14)13(16)15-9(3)11-7-8(2)17-10(11)4/h7,9,12H,5-6,14H2,1-4H3,(H,15,16)/t9?,12-/m0/s1. The first-order valence-electron chi connectivity index (χ1n) is 6.08. The molecule has 1 unspecified atom stereocenters. The summed E-state index contributed by atoms with van der Waals surface area (Å²) in [6.07, 6.45) is 1.62. The van der Waals surface area contributed by atoms with Gasteiger partial charge >= 0.3 is 0 Å². The summed E-state index contributed by atoms with van der Waals surface area (Å²) in [6, 6.07) is 1.46. The van der Waals surface area contributed by atoms with Crippen LogP contribution in [0.25, 0.3) is 0 Å². The molecule has 1 rings (SSSR count). The maximum absolute atomic E-state index is 11.8. The Kier molecular flexibility index (Phi) is 4.75. The van der Waals surface area contributed by atoms with E-state index in [0.29, 0.717) is 6.42 Å². The smallest absolute Gasteiger partial charge is 0.237 e. The second-order valence-electron chi connectivity index (χ2n) is 4.49. The lowest BCUT2D eigenvalue weighted by atomic mass is 10.1. The molecule has 0 fully saturated rings. The fraction of sp³-hybridized carbons (Fsp3) is 0.615. The lowest BCUT2D eigenvalue weighted by Gasteiger charge is -2.16. The fourth-order valence-corrected chi connectivity index (χ4v) is 1.92. The summed E-state index contributed by atoms with van der Waals surface area (Å²) in [5, 5.41) is 2.91. The average Bonchev–Trinajstić information content (AvgIpc) is 2.58. The molecule has 1 aromatic rings. The highest BCUT2D eigenvalue weighted by atomic mass is 16.3. The number of rotatable bonds is 5. The molecule has 0 saturated carbocycles. The third kappa shape index (κ3) is 3.60. The average molecular weight is 238 g/mol. The van der Waals surface area contributed by atoms with Crippen molar-refractivity contribution in [3.8, 4) is 0 Å². The van der Waals surface area contributed by atoms with Crippen LogP contribution in [0, 0.1) is 13.8 Å². The van der Waals surface area contributed by atoms with Crippen LogP contribution in [-0.2, 0) is 4.79 Å². The molecule has 0 aliphatic carbocycles. The van der Waals surface area contributed by atoms with Gasteiger partial charge in [0.1, 0.15) is 11.5 Å². The second-order valence-corrected chi connectivity index (χ2v) is 4.49. The molecule has 0 spiro atoms. The van der Waals surface area contributed by atoms with Gasteiger partial charge in [0.2, 0.25) is 5.91 Å². The molecule has 0 aromatic carbocycles. The third-order valence-corrected chi connectivity index (χ3v) is 2.84. The molecule has 0 aliphatic heterocycles. The van der Waals surface area contributed by atoms with Crippen LogP contribution in [0.5, 0.6) is 0 Å². The van der Waals surface area contributed by atoms with E-state index >= 15 is 0 Å². The van der Waals surface area contributed by atoms with Crippen molar-refractivity contribution in [1.29, 1.82) is 0 Å². The highest BCUT2D eigenvalue weighted by Crippen LogP contribution is 2.21. The van der Waals surface area contributed by atoms with E-state index in [4.69, 9.17) is 10.2 Å². The number of furan rings is 1. The van der Waals surface area contributed by atoms with Crippen LogP contribution in [0.1, 0.15) is 49.8 Å². The highest BCUT2D eigenvalue weighted by molar-refractivity contribution is 5.81. The molecule has 1 heterocycles. The lowest BCUT2D eigenvalue weighted by molar-refractivity contribution is -0.123. The SMILES string of the molecule is CCC[C@H](N)C(=O)NC(C)c1cc(C)oc1C. The molecule has 4 nitrogen and oxygen atoms in total. The van der Waals surface area contributed by atoms with Crippen LogP contribution in [0.4, 0.5) is 0 Å². The van der Waals surface area contributed by atoms with Gasteiger partial charge in [-0.15, -0.1) is 0 Å². The number of carbonyl (C=O) groups excluding carboxylic acids is 1. The maximum atomic E-state index is 11.8. The van der Waals surface area contributed by atoms with Gasteiger partial charge in [0.15, 0.2) is 0 Å². The molecule has 1 aromatic heterocycles. The second kappa shape index (κ2) is 5.87. The maximum Gasteiger partial charge on any atom is 0.237 e. The zero-order valence-electron chi connectivity index (χ0n) is 11.0. The topological polar surface area (TPSA) is 68.3 Å². The van der Waals surface area contributed by atoms with E-state index in [9.17, 15) is 4.79 Å². The Morgan fingerprint density at radius 2 is 2.18 bits per heavy atom. The Morgan fingerprint density at radius 3 is 2.65 bits per heavy atom. The minimum atomic E-state index is -0.421. The van der Waals surface area contributed by atoms with Crippen LogP contribution in [0.3, 0.4) is 0 Å². The third-order valence-electron chi connectivity index (χ3n) is 2.84. The van der Waals surface area contributed by atoms with Crippen molar-refractivity contribution in [2.24, 2.45) is 5.73 Å². The fourth-order valence-electron chi connectivity index (χ4n) is 1.92. The summed E-state index contributed by atoms with van der Waals surface area (Å²) in [4.78, 5) is 11.8. The Labute approximate surface area is 103 Å². The minimum absolute atomic E-state index is 0.0668. The van der Waals surface area contributed by atoms with Crippen molar-refractivity contribution in [3.05, 3.63) is 23.2 Å². The van der Waals surface area contributed by atoms with Gasteiger partial charge in [0, 0.05) is 5.56 Å². The number of carbonyl (C=O) groups is 1. The Morgan fingerprint density at radius 1 is 1.53 bits per heavy atom. The Balaban J connectivity index is 2.63. The summed E-state index contributed by atoms with van der Waals surface area (Å²) >= 11 is 0. The predicted octanol–water partition coefficient (Wildman–Crippen LogP) is 2.20. The number of nitrogens with two attached hydrogens (primary N) is 1. The summed E-state index contributed by atoms with van der Waals surface area (Å²) in [6.45, 7) is 7.75. The van der Waals surface area contributed by atoms with E-state index in [1.54, 1.807) is 0 Å². The van der Waals surface area contributed by atoms with Gasteiger partial charge < -0.3 is 15.5 Å². The molecular formula is C13H22N2O2. The number of hydrogen-bond donors (Lipinski definition) is 2. The normalized spacial score (nSPS) is 14.4. The van der Waals surface area contributed by atoms with E-state index in [-0.39, 0.29) is 11.9 Å². The van der Waals surface area contributed by atoms with Gasteiger partial charge in [-0.05, 0) is 33.3 Å². The summed E-state index contributed by atoms with van der Waals surface area (Å²) in [5.41, 5.74) is 6.78. The molecule has 96 valence electrons. The number of nitrogens with one attached hydrogen (secondary N) is 1. The van der Waals surface area contributed by atoms with E-state index in [1.807, 2.05) is 33.8 Å². The van der Waals surface area contributed by atoms with Crippen molar-refractivity contribution in [3.63, 3.8) is 0 Å². The number of aryl methyl sites for hydroxylation is 2. The number of hydrogen-bond acceptors (Lipinski definition) is 3. The lowest BCUT2D eigenvalue weighted by Crippen LogP contribution is -2.41. The van der Waals surface area contributed by atoms with Crippen molar-refractivity contribution < 1.29 is 9.21 Å². The summed E-state index contributed by atoms with van der Waals surface area (Å²) in [7, 11) is 0. The van der Waals surface area contributed by atoms with E-state index in [0.717, 1.165) is 23.5 Å². The van der Waals surface area contributed by atoms with E-state index in [2.05, 4.69) is 5.32 Å². The summed E-state index contributed by atoms with van der Waals surface area (Å²) in [5.74, 6) is 1.61. The Hall–Kier alpha value is -1.29. The van der Waals surface area contributed by atoms with Crippen molar-refractivity contribution in [1.82, 2.24) is 5.32 Å². The largest absolute Gasteiger partial charge is 0.466 e. The molecule has 3 N–H and O–H groups in total. The first-order chi connectivity index (χ1) is 7.95. The molecule has 0 aliphatic rings. The Bertz CT molecular complexity index is 385. The molecule has 2 atom stereocenters. The van der Waals surface area contributed by atoms with Gasteiger partial charge in [-0.2, -0.15) is 0 Å². The highest BCUT2D eigenvalue weighted by Gasteiger charge is 2.18. The van der Waals surface area contributed by atoms with E-state index < -0.39 is 6.04 Å². The first kappa shape index (κ1) is 13.8. The van der Waals surface area contributed by atoms with Gasteiger partial charge in [-0.1, -0.05) is 13.3 Å². The van der Waals surface area contributed by atoms with Crippen LogP contribution in [0.2, 0.25) is 0 Å². The first-order valence-corrected chi connectivity index (χ1v) is 6.08. The van der Waals surface area contributed by atoms with Gasteiger partial charge in [0.25, 0.3) is 0 Å². The predicted molar refractivity (Wildman–Crippen MR) is 67.6 cm³/mol. The van der Waals surface area contributed by atoms with Crippen molar-refractivity contribution >= 4 is 5.91 Å². The molecular weight excluding hydrogens is 216 g/mol. The van der Waals surface area contributed by atoms with Gasteiger partial charge in [-0.3, -0.25) is 4.79 Å². The minimum Gasteiger partial charge on any atom is -0.466 e. The molecule has 0 bridgehead atoms. The molecule has 17 heavy (non-hydrogen) atoms. The quantitative estimate of drug-likeness (QED) is 0.826. The number of amides is 1. The van der Waals surface area contributed by atoms with Crippen molar-refractivity contribution in [2.45, 2.75) is 52.6 Å². The zero-order chi connectivity index (χ0) is 13.0. The van der Waals surface area contributed by atoms with Gasteiger partial charge in [-0.25, -0.2) is 0 Å². The molecule has 0 radical (unpaired) electrons. The molecule has 1 amide bonds. The molecule has 0 saturated heterocycles. The van der Waals surface area contributed by atoms with Crippen LogP contribution in [0.15, 0.2) is 10.5 Å². The van der Waals surface area contributed by atoms with E-state index in [1.165, 1.54) is 0 Å². The van der Waals surface area contributed by atoms with Crippen molar-refractivity contribution in [2.75, 3.05) is 0 Å². The summed E-state index contributed by atoms with van der Waals surface area (Å²) < 4.78 is 5.44. The van der Waals surface area contributed by atoms with Gasteiger partial charge in [0.05, 0.1) is 12.1 Å².